The van der Waals surface area contributed by atoms with Crippen LogP contribution in [-0.2, 0) is 0 Å². The zero-order valence-corrected chi connectivity index (χ0v) is 11.0. The van der Waals surface area contributed by atoms with Crippen molar-refractivity contribution in [3.05, 3.63) is 47.0 Å². The minimum absolute atomic E-state index is 0.273. The summed E-state index contributed by atoms with van der Waals surface area (Å²) in [6.07, 6.45) is 2.01. The maximum atomic E-state index is 6.19. The molecule has 1 heterocycles. The molecular weight excluding hydrogens is 232 g/mol. The van der Waals surface area contributed by atoms with Gasteiger partial charge in [-0.3, -0.25) is 4.90 Å². The number of rotatable bonds is 3. The van der Waals surface area contributed by atoms with Crippen molar-refractivity contribution in [3.8, 4) is 0 Å². The molecule has 1 saturated heterocycles. The first kappa shape index (κ1) is 12.6. The van der Waals surface area contributed by atoms with Crippen LogP contribution in [0.25, 0.3) is 0 Å². The normalized spacial score (nSPS) is 18.9. The van der Waals surface area contributed by atoms with E-state index in [-0.39, 0.29) is 6.04 Å². The van der Waals surface area contributed by atoms with Gasteiger partial charge in [0.2, 0.25) is 0 Å². The molecule has 1 aromatic rings. The van der Waals surface area contributed by atoms with Gasteiger partial charge in [0.05, 0.1) is 6.04 Å². The average molecular weight is 251 g/mol. The van der Waals surface area contributed by atoms with Crippen LogP contribution < -0.4 is 5.32 Å². The van der Waals surface area contributed by atoms with Crippen molar-refractivity contribution in [2.75, 3.05) is 26.2 Å². The molecule has 0 spiro atoms. The predicted molar refractivity (Wildman–Crippen MR) is 73.6 cm³/mol. The fourth-order valence-electron chi connectivity index (χ4n) is 2.25. The number of hydrogen-bond donors (Lipinski definition) is 1. The molecule has 0 aliphatic carbocycles. The van der Waals surface area contributed by atoms with Gasteiger partial charge in [-0.1, -0.05) is 29.8 Å². The topological polar surface area (TPSA) is 15.3 Å². The van der Waals surface area contributed by atoms with Crippen LogP contribution in [0.5, 0.6) is 0 Å². The van der Waals surface area contributed by atoms with Crippen molar-refractivity contribution >= 4 is 11.6 Å². The third kappa shape index (κ3) is 2.89. The molecule has 1 N–H and O–H groups in total. The van der Waals surface area contributed by atoms with Gasteiger partial charge in [0.1, 0.15) is 0 Å². The van der Waals surface area contributed by atoms with Crippen LogP contribution in [-0.4, -0.2) is 31.1 Å². The second-order valence-corrected chi connectivity index (χ2v) is 4.88. The van der Waals surface area contributed by atoms with Crippen molar-refractivity contribution in [2.24, 2.45) is 0 Å². The highest BCUT2D eigenvalue weighted by Crippen LogP contribution is 2.26. The van der Waals surface area contributed by atoms with Crippen molar-refractivity contribution in [1.29, 1.82) is 0 Å². The second kappa shape index (κ2) is 5.67. The summed E-state index contributed by atoms with van der Waals surface area (Å²) in [5, 5.41) is 4.20. The van der Waals surface area contributed by atoms with Crippen molar-refractivity contribution < 1.29 is 0 Å². The van der Waals surface area contributed by atoms with Gasteiger partial charge in [0.25, 0.3) is 0 Å². The SMILES string of the molecule is C=C[C@H](c1ccc(C)c(Cl)c1)N1CCNCC1. The first-order valence-corrected chi connectivity index (χ1v) is 6.43. The van der Waals surface area contributed by atoms with Gasteiger partial charge in [-0.05, 0) is 24.1 Å². The molecule has 0 unspecified atom stereocenters. The molecule has 0 radical (unpaired) electrons. The Morgan fingerprint density at radius 1 is 1.41 bits per heavy atom. The third-order valence-corrected chi connectivity index (χ3v) is 3.71. The Bertz CT molecular complexity index is 397. The Morgan fingerprint density at radius 2 is 2.12 bits per heavy atom. The van der Waals surface area contributed by atoms with Crippen molar-refractivity contribution in [1.82, 2.24) is 10.2 Å². The van der Waals surface area contributed by atoms with E-state index in [1.807, 2.05) is 13.0 Å². The van der Waals surface area contributed by atoms with Crippen LogP contribution in [0.15, 0.2) is 30.9 Å². The van der Waals surface area contributed by atoms with Gasteiger partial charge >= 0.3 is 0 Å². The number of aryl methyl sites for hydroxylation is 1. The monoisotopic (exact) mass is 250 g/mol. The molecule has 17 heavy (non-hydrogen) atoms. The Labute approximate surface area is 108 Å². The molecule has 0 amide bonds. The lowest BCUT2D eigenvalue weighted by molar-refractivity contribution is 0.203. The van der Waals surface area contributed by atoms with E-state index in [0.29, 0.717) is 0 Å². The summed E-state index contributed by atoms with van der Waals surface area (Å²) in [7, 11) is 0. The van der Waals surface area contributed by atoms with Gasteiger partial charge in [-0.25, -0.2) is 0 Å². The summed E-state index contributed by atoms with van der Waals surface area (Å²) < 4.78 is 0. The highest BCUT2D eigenvalue weighted by atomic mass is 35.5. The minimum Gasteiger partial charge on any atom is -0.314 e. The van der Waals surface area contributed by atoms with Crippen LogP contribution in [0.2, 0.25) is 5.02 Å². The highest BCUT2D eigenvalue weighted by molar-refractivity contribution is 6.31. The third-order valence-electron chi connectivity index (χ3n) is 3.31. The van der Waals surface area contributed by atoms with Crippen molar-refractivity contribution in [3.63, 3.8) is 0 Å². The van der Waals surface area contributed by atoms with Gasteiger partial charge in [-0.2, -0.15) is 0 Å². The first-order chi connectivity index (χ1) is 8.22. The van der Waals surface area contributed by atoms with Crippen LogP contribution >= 0.6 is 11.6 Å². The van der Waals surface area contributed by atoms with Crippen LogP contribution in [0, 0.1) is 6.92 Å². The summed E-state index contributed by atoms with van der Waals surface area (Å²) in [5.74, 6) is 0. The predicted octanol–water partition coefficient (Wildman–Crippen LogP) is 2.78. The molecule has 1 atom stereocenters. The first-order valence-electron chi connectivity index (χ1n) is 6.06. The van der Waals surface area contributed by atoms with Crippen LogP contribution in [0.3, 0.4) is 0 Å². The summed E-state index contributed by atoms with van der Waals surface area (Å²) >= 11 is 6.19. The lowest BCUT2D eigenvalue weighted by Crippen LogP contribution is -2.44. The second-order valence-electron chi connectivity index (χ2n) is 4.48. The maximum Gasteiger partial charge on any atom is 0.0530 e. The van der Waals surface area contributed by atoms with E-state index in [9.17, 15) is 0 Å². The molecule has 3 heteroatoms. The molecule has 1 fully saturated rings. The van der Waals surface area contributed by atoms with Gasteiger partial charge in [0, 0.05) is 31.2 Å². The largest absolute Gasteiger partial charge is 0.314 e. The lowest BCUT2D eigenvalue weighted by atomic mass is 10.0. The highest BCUT2D eigenvalue weighted by Gasteiger charge is 2.19. The summed E-state index contributed by atoms with van der Waals surface area (Å²) in [4.78, 5) is 2.44. The zero-order chi connectivity index (χ0) is 12.3. The molecule has 1 aromatic carbocycles. The van der Waals surface area contributed by atoms with Crippen LogP contribution in [0.1, 0.15) is 17.2 Å². The van der Waals surface area contributed by atoms with E-state index in [0.717, 1.165) is 36.8 Å². The van der Waals surface area contributed by atoms with Gasteiger partial charge < -0.3 is 5.32 Å². The molecule has 0 saturated carbocycles. The standard InChI is InChI=1S/C14H19ClN2/c1-3-14(17-8-6-16-7-9-17)12-5-4-11(2)13(15)10-12/h3-5,10,14,16H,1,6-9H2,2H3/t14-/m1/s1. The number of piperazine rings is 1. The zero-order valence-electron chi connectivity index (χ0n) is 10.2. The lowest BCUT2D eigenvalue weighted by Gasteiger charge is -2.33. The van der Waals surface area contributed by atoms with Gasteiger partial charge in [-0.15, -0.1) is 6.58 Å². The molecule has 1 aliphatic rings. The van der Waals surface area contributed by atoms with E-state index < -0.39 is 0 Å². The van der Waals surface area contributed by atoms with E-state index in [1.165, 1.54) is 5.56 Å². The quantitative estimate of drug-likeness (QED) is 0.830. The number of hydrogen-bond acceptors (Lipinski definition) is 2. The molecule has 2 nitrogen and oxygen atoms in total. The molecule has 2 rings (SSSR count). The Balaban J connectivity index is 2.21. The Hall–Kier alpha value is -0.830. The molecule has 0 bridgehead atoms. The number of nitrogens with one attached hydrogen (secondary N) is 1. The Morgan fingerprint density at radius 3 is 2.71 bits per heavy atom. The molecule has 1 aliphatic heterocycles. The molecule has 0 aromatic heterocycles. The fraction of sp³-hybridized carbons (Fsp3) is 0.429. The smallest absolute Gasteiger partial charge is 0.0530 e. The van der Waals surface area contributed by atoms with E-state index >= 15 is 0 Å². The summed E-state index contributed by atoms with van der Waals surface area (Å²) in [6, 6.07) is 6.56. The summed E-state index contributed by atoms with van der Waals surface area (Å²) in [5.41, 5.74) is 2.36. The number of halogens is 1. The number of nitrogens with zero attached hydrogens (tertiary/aromatic N) is 1. The van der Waals surface area contributed by atoms with E-state index in [4.69, 9.17) is 11.6 Å². The maximum absolute atomic E-state index is 6.19. The molecule has 92 valence electrons. The number of benzene rings is 1. The van der Waals surface area contributed by atoms with E-state index in [1.54, 1.807) is 0 Å². The van der Waals surface area contributed by atoms with Gasteiger partial charge in [0.15, 0.2) is 0 Å². The molecular formula is C14H19ClN2. The Kier molecular flexibility index (Phi) is 4.21. The van der Waals surface area contributed by atoms with Crippen LogP contribution in [0.4, 0.5) is 0 Å². The van der Waals surface area contributed by atoms with Crippen molar-refractivity contribution in [2.45, 2.75) is 13.0 Å². The van der Waals surface area contributed by atoms with E-state index in [2.05, 4.69) is 35.0 Å². The summed E-state index contributed by atoms with van der Waals surface area (Å²) in [6.45, 7) is 10.2. The average Bonchev–Trinajstić information content (AvgIpc) is 2.36. The fourth-order valence-corrected chi connectivity index (χ4v) is 2.44. The minimum atomic E-state index is 0.273.